The van der Waals surface area contributed by atoms with Crippen LogP contribution in [0.5, 0.6) is 5.75 Å². The van der Waals surface area contributed by atoms with E-state index in [1.165, 1.54) is 0 Å². The fraction of sp³-hybridized carbons (Fsp3) is 0.333. The van der Waals surface area contributed by atoms with Crippen LogP contribution in [0.15, 0.2) is 48.5 Å². The van der Waals surface area contributed by atoms with Gasteiger partial charge in [-0.2, -0.15) is 5.26 Å². The van der Waals surface area contributed by atoms with Crippen LogP contribution < -0.4 is 4.74 Å². The van der Waals surface area contributed by atoms with E-state index in [-0.39, 0.29) is 30.4 Å². The Bertz CT molecular complexity index is 1010. The molecule has 1 N–H and O–H groups in total. The van der Waals surface area contributed by atoms with E-state index in [0.29, 0.717) is 0 Å². The normalized spacial score (nSPS) is 22.7. The summed E-state index contributed by atoms with van der Waals surface area (Å²) in [5.74, 6) is 6.88. The molecule has 2 aromatic rings. The standard InChI is InChI=1S/C24H22N2O3/c1-29-20-4-2-3-17(13-20)6-5-16-7-9-18(10-8-16)23-21(14-25)26(22(23)15-27)24(28)19-11-12-19/h2-4,7-10,13,19,21-23,27H,11-12,15H2,1H3/t21-,22-,23+/m0/s1. The van der Waals surface area contributed by atoms with Crippen molar-refractivity contribution in [3.05, 3.63) is 65.2 Å². The second kappa shape index (κ2) is 7.99. The lowest BCUT2D eigenvalue weighted by molar-refractivity contribution is -0.148. The van der Waals surface area contributed by atoms with Gasteiger partial charge in [0, 0.05) is 23.0 Å². The van der Waals surface area contributed by atoms with Crippen LogP contribution in [-0.4, -0.2) is 41.7 Å². The van der Waals surface area contributed by atoms with E-state index >= 15 is 0 Å². The van der Waals surface area contributed by atoms with Crippen molar-refractivity contribution in [1.82, 2.24) is 4.90 Å². The van der Waals surface area contributed by atoms with Crippen molar-refractivity contribution in [3.8, 4) is 23.7 Å². The number of nitriles is 1. The smallest absolute Gasteiger partial charge is 0.227 e. The molecule has 1 heterocycles. The zero-order valence-electron chi connectivity index (χ0n) is 16.2. The van der Waals surface area contributed by atoms with Crippen LogP contribution in [0.1, 0.15) is 35.4 Å². The maximum absolute atomic E-state index is 12.5. The highest BCUT2D eigenvalue weighted by molar-refractivity contribution is 5.83. The number of benzene rings is 2. The SMILES string of the molecule is COc1cccc(C#Cc2ccc([C@@H]3[C@H](C#N)N(C(=O)C4CC4)[C@H]3CO)cc2)c1. The minimum atomic E-state index is -0.519. The van der Waals surface area contributed by atoms with Crippen molar-refractivity contribution < 1.29 is 14.6 Å². The molecule has 0 bridgehead atoms. The monoisotopic (exact) mass is 386 g/mol. The first-order valence-corrected chi connectivity index (χ1v) is 9.75. The Kier molecular flexibility index (Phi) is 5.25. The highest BCUT2D eigenvalue weighted by atomic mass is 16.5. The molecule has 5 heteroatoms. The number of amides is 1. The molecule has 0 radical (unpaired) electrons. The number of likely N-dealkylation sites (tertiary alicyclic amines) is 1. The third-order valence-corrected chi connectivity index (χ3v) is 5.63. The lowest BCUT2D eigenvalue weighted by Crippen LogP contribution is -2.65. The molecule has 0 spiro atoms. The Balaban J connectivity index is 1.51. The van der Waals surface area contributed by atoms with Crippen molar-refractivity contribution in [2.75, 3.05) is 13.7 Å². The summed E-state index contributed by atoms with van der Waals surface area (Å²) in [6.45, 7) is -0.140. The van der Waals surface area contributed by atoms with Crippen LogP contribution in [-0.2, 0) is 4.79 Å². The van der Waals surface area contributed by atoms with Gasteiger partial charge in [-0.3, -0.25) is 4.79 Å². The zero-order chi connectivity index (χ0) is 20.4. The molecular weight excluding hydrogens is 364 g/mol. The number of hydrogen-bond acceptors (Lipinski definition) is 4. The molecule has 146 valence electrons. The van der Waals surface area contributed by atoms with Gasteiger partial charge in [-0.15, -0.1) is 0 Å². The van der Waals surface area contributed by atoms with E-state index in [2.05, 4.69) is 17.9 Å². The highest BCUT2D eigenvalue weighted by Crippen LogP contribution is 2.44. The summed E-state index contributed by atoms with van der Waals surface area (Å²) in [5.41, 5.74) is 2.67. The lowest BCUT2D eigenvalue weighted by Gasteiger charge is -2.51. The van der Waals surface area contributed by atoms with Crippen LogP contribution in [0.3, 0.4) is 0 Å². The first kappa shape index (κ1) is 19.1. The van der Waals surface area contributed by atoms with Gasteiger partial charge in [-0.1, -0.05) is 30.0 Å². The van der Waals surface area contributed by atoms with Gasteiger partial charge in [0.15, 0.2) is 0 Å². The van der Waals surface area contributed by atoms with Gasteiger partial charge in [-0.05, 0) is 48.7 Å². The minimum Gasteiger partial charge on any atom is -0.497 e. The molecule has 2 fully saturated rings. The predicted octanol–water partition coefficient (Wildman–Crippen LogP) is 2.68. The molecule has 1 amide bonds. The number of aliphatic hydroxyl groups is 1. The largest absolute Gasteiger partial charge is 0.497 e. The minimum absolute atomic E-state index is 0.00706. The highest BCUT2D eigenvalue weighted by Gasteiger charge is 2.53. The van der Waals surface area contributed by atoms with Crippen molar-refractivity contribution >= 4 is 5.91 Å². The number of ether oxygens (including phenoxy) is 1. The second-order valence-electron chi connectivity index (χ2n) is 7.47. The lowest BCUT2D eigenvalue weighted by atomic mass is 9.75. The summed E-state index contributed by atoms with van der Waals surface area (Å²) in [6.07, 6.45) is 1.77. The molecule has 2 aromatic carbocycles. The molecule has 2 aliphatic rings. The molecule has 1 aliphatic heterocycles. The van der Waals surface area contributed by atoms with Gasteiger partial charge < -0.3 is 14.7 Å². The van der Waals surface area contributed by atoms with Gasteiger partial charge in [0.2, 0.25) is 5.91 Å². The zero-order valence-corrected chi connectivity index (χ0v) is 16.2. The number of carbonyl (C=O) groups is 1. The first-order chi connectivity index (χ1) is 14.2. The average Bonchev–Trinajstić information content (AvgIpc) is 3.58. The molecule has 4 rings (SSSR count). The Hall–Kier alpha value is -3.28. The van der Waals surface area contributed by atoms with Crippen LogP contribution in [0.25, 0.3) is 0 Å². The Morgan fingerprint density at radius 2 is 1.90 bits per heavy atom. The molecular formula is C24H22N2O3. The van der Waals surface area contributed by atoms with Gasteiger partial charge in [-0.25, -0.2) is 0 Å². The van der Waals surface area contributed by atoms with Crippen molar-refractivity contribution in [2.45, 2.75) is 30.8 Å². The predicted molar refractivity (Wildman–Crippen MR) is 108 cm³/mol. The van der Waals surface area contributed by atoms with Gasteiger partial charge >= 0.3 is 0 Å². The molecule has 1 saturated carbocycles. The fourth-order valence-corrected chi connectivity index (χ4v) is 3.89. The topological polar surface area (TPSA) is 73.6 Å². The number of nitrogens with zero attached hydrogens (tertiary/aromatic N) is 2. The average molecular weight is 386 g/mol. The number of rotatable bonds is 4. The summed E-state index contributed by atoms with van der Waals surface area (Å²) < 4.78 is 5.21. The van der Waals surface area contributed by atoms with Gasteiger partial charge in [0.05, 0.1) is 25.8 Å². The van der Waals surface area contributed by atoms with Crippen LogP contribution in [0, 0.1) is 29.1 Å². The molecule has 0 aromatic heterocycles. The second-order valence-corrected chi connectivity index (χ2v) is 7.47. The van der Waals surface area contributed by atoms with Crippen LogP contribution in [0.4, 0.5) is 0 Å². The fourth-order valence-electron chi connectivity index (χ4n) is 3.89. The number of methoxy groups -OCH3 is 1. The third kappa shape index (κ3) is 3.70. The maximum Gasteiger partial charge on any atom is 0.227 e. The summed E-state index contributed by atoms with van der Waals surface area (Å²) >= 11 is 0. The Morgan fingerprint density at radius 1 is 1.17 bits per heavy atom. The Labute approximate surface area is 170 Å². The van der Waals surface area contributed by atoms with E-state index in [0.717, 1.165) is 35.3 Å². The van der Waals surface area contributed by atoms with Gasteiger partial charge in [0.25, 0.3) is 0 Å². The summed E-state index contributed by atoms with van der Waals surface area (Å²) in [7, 11) is 1.62. The van der Waals surface area contributed by atoms with E-state index < -0.39 is 6.04 Å². The van der Waals surface area contributed by atoms with Crippen molar-refractivity contribution in [1.29, 1.82) is 5.26 Å². The van der Waals surface area contributed by atoms with Crippen molar-refractivity contribution in [3.63, 3.8) is 0 Å². The molecule has 1 saturated heterocycles. The number of aliphatic hydroxyl groups excluding tert-OH is 1. The quantitative estimate of drug-likeness (QED) is 0.820. The van der Waals surface area contributed by atoms with Crippen molar-refractivity contribution in [2.24, 2.45) is 5.92 Å². The Morgan fingerprint density at radius 3 is 2.52 bits per heavy atom. The van der Waals surface area contributed by atoms with E-state index in [9.17, 15) is 15.2 Å². The molecule has 29 heavy (non-hydrogen) atoms. The molecule has 5 nitrogen and oxygen atoms in total. The third-order valence-electron chi connectivity index (χ3n) is 5.63. The van der Waals surface area contributed by atoms with E-state index in [1.54, 1.807) is 12.0 Å². The molecule has 0 unspecified atom stereocenters. The van der Waals surface area contributed by atoms with Crippen LogP contribution >= 0.6 is 0 Å². The summed E-state index contributed by atoms with van der Waals surface area (Å²) in [5, 5.41) is 19.4. The maximum atomic E-state index is 12.5. The van der Waals surface area contributed by atoms with E-state index in [4.69, 9.17) is 4.74 Å². The van der Waals surface area contributed by atoms with Gasteiger partial charge in [0.1, 0.15) is 11.8 Å². The first-order valence-electron chi connectivity index (χ1n) is 9.75. The van der Waals surface area contributed by atoms with Crippen LogP contribution in [0.2, 0.25) is 0 Å². The summed E-state index contributed by atoms with van der Waals surface area (Å²) in [4.78, 5) is 14.0. The van der Waals surface area contributed by atoms with E-state index in [1.807, 2.05) is 48.5 Å². The number of hydrogen-bond donors (Lipinski definition) is 1. The molecule has 1 aliphatic carbocycles. The molecule has 3 atom stereocenters. The summed E-state index contributed by atoms with van der Waals surface area (Å²) in [6, 6.07) is 16.7. The number of carbonyl (C=O) groups excluding carboxylic acids is 1.